The van der Waals surface area contributed by atoms with E-state index in [9.17, 15) is 17.6 Å². The normalized spacial score (nSPS) is 12.6. The molecular formula is C26H31FN4O4S. The second-order valence-corrected chi connectivity index (χ2v) is 11.0. The molecule has 10 heteroatoms. The van der Waals surface area contributed by atoms with Crippen LogP contribution in [0.25, 0.3) is 11.3 Å². The third-order valence-electron chi connectivity index (χ3n) is 5.60. The van der Waals surface area contributed by atoms with Crippen molar-refractivity contribution in [2.75, 3.05) is 12.3 Å². The molecule has 2 heterocycles. The number of aromatic nitrogens is 2. The van der Waals surface area contributed by atoms with Gasteiger partial charge < -0.3 is 10.5 Å². The lowest BCUT2D eigenvalue weighted by Gasteiger charge is -2.20. The number of anilines is 1. The first-order chi connectivity index (χ1) is 16.9. The van der Waals surface area contributed by atoms with Gasteiger partial charge in [0.2, 0.25) is 0 Å². The van der Waals surface area contributed by atoms with Gasteiger partial charge in [0.1, 0.15) is 17.4 Å². The molecule has 0 aliphatic rings. The maximum Gasteiger partial charge on any atom is 0.281 e. The van der Waals surface area contributed by atoms with Crippen LogP contribution in [0.15, 0.2) is 53.6 Å². The minimum absolute atomic E-state index is 0.0114. The average Bonchev–Trinajstić information content (AvgIpc) is 2.81. The van der Waals surface area contributed by atoms with Crippen molar-refractivity contribution in [3.05, 3.63) is 65.6 Å². The first-order valence-electron chi connectivity index (χ1n) is 11.6. The Kier molecular flexibility index (Phi) is 8.29. The molecule has 192 valence electrons. The fourth-order valence-corrected chi connectivity index (χ4v) is 4.30. The van der Waals surface area contributed by atoms with E-state index in [4.69, 9.17) is 10.5 Å². The van der Waals surface area contributed by atoms with Crippen molar-refractivity contribution in [2.45, 2.75) is 45.6 Å². The van der Waals surface area contributed by atoms with E-state index in [1.54, 1.807) is 12.1 Å². The number of sulfonamides is 1. The summed E-state index contributed by atoms with van der Waals surface area (Å²) < 4.78 is 47.5. The lowest BCUT2D eigenvalue weighted by molar-refractivity contribution is 0.0979. The molecule has 0 fully saturated rings. The average molecular weight is 515 g/mol. The number of carbonyl (C=O) groups is 1. The SMILES string of the molecule is CC(C)COc1cc(F)cc(-c2ccc(C(=O)NS(=O)(=O)c3cccc(N)n3)c(C(C)C(C)C)n2)c1. The number of benzene rings is 1. The fourth-order valence-electron chi connectivity index (χ4n) is 3.36. The van der Waals surface area contributed by atoms with Crippen molar-refractivity contribution in [1.29, 1.82) is 0 Å². The number of hydrogen-bond acceptors (Lipinski definition) is 7. The summed E-state index contributed by atoms with van der Waals surface area (Å²) in [6, 6.07) is 11.5. The Morgan fingerprint density at radius 3 is 2.42 bits per heavy atom. The molecule has 3 N–H and O–H groups in total. The number of rotatable bonds is 9. The van der Waals surface area contributed by atoms with Crippen LogP contribution in [-0.4, -0.2) is 30.9 Å². The van der Waals surface area contributed by atoms with Crippen LogP contribution in [0, 0.1) is 17.7 Å². The van der Waals surface area contributed by atoms with Crippen LogP contribution < -0.4 is 15.2 Å². The van der Waals surface area contributed by atoms with E-state index < -0.39 is 21.7 Å². The van der Waals surface area contributed by atoms with Crippen LogP contribution in [0.5, 0.6) is 5.75 Å². The molecule has 1 unspecified atom stereocenters. The smallest absolute Gasteiger partial charge is 0.281 e. The van der Waals surface area contributed by atoms with E-state index in [0.717, 1.165) is 0 Å². The number of hydrogen-bond donors (Lipinski definition) is 2. The molecule has 1 aromatic carbocycles. The molecule has 8 nitrogen and oxygen atoms in total. The number of nitrogen functional groups attached to an aromatic ring is 1. The number of amides is 1. The number of nitrogens with two attached hydrogens (primary N) is 1. The molecule has 2 aromatic heterocycles. The maximum absolute atomic E-state index is 14.4. The van der Waals surface area contributed by atoms with Crippen molar-refractivity contribution >= 4 is 21.7 Å². The minimum Gasteiger partial charge on any atom is -0.493 e. The minimum atomic E-state index is -4.26. The number of halogens is 1. The van der Waals surface area contributed by atoms with Gasteiger partial charge in [0.05, 0.1) is 23.6 Å². The highest BCUT2D eigenvalue weighted by molar-refractivity contribution is 7.90. The lowest BCUT2D eigenvalue weighted by Crippen LogP contribution is -2.32. The Morgan fingerprint density at radius 1 is 1.06 bits per heavy atom. The number of nitrogens with zero attached hydrogens (tertiary/aromatic N) is 2. The highest BCUT2D eigenvalue weighted by Gasteiger charge is 2.26. The van der Waals surface area contributed by atoms with Gasteiger partial charge in [0.25, 0.3) is 15.9 Å². The van der Waals surface area contributed by atoms with E-state index in [2.05, 4.69) is 14.7 Å². The Hall–Kier alpha value is -3.53. The van der Waals surface area contributed by atoms with Crippen molar-refractivity contribution in [3.63, 3.8) is 0 Å². The van der Waals surface area contributed by atoms with E-state index >= 15 is 0 Å². The quantitative estimate of drug-likeness (QED) is 0.421. The molecule has 0 saturated carbocycles. The number of ether oxygens (including phenoxy) is 1. The molecule has 0 bridgehead atoms. The van der Waals surface area contributed by atoms with Crippen LogP contribution in [0.2, 0.25) is 0 Å². The van der Waals surface area contributed by atoms with Gasteiger partial charge in [0.15, 0.2) is 5.03 Å². The predicted molar refractivity (Wildman–Crippen MR) is 137 cm³/mol. The largest absolute Gasteiger partial charge is 0.493 e. The fraction of sp³-hybridized carbons (Fsp3) is 0.346. The van der Waals surface area contributed by atoms with Crippen molar-refractivity contribution in [3.8, 4) is 17.0 Å². The summed E-state index contributed by atoms with van der Waals surface area (Å²) in [5.41, 5.74) is 6.99. The monoisotopic (exact) mass is 514 g/mol. The zero-order valence-electron chi connectivity index (χ0n) is 20.9. The topological polar surface area (TPSA) is 124 Å². The van der Waals surface area contributed by atoms with Gasteiger partial charge in [-0.25, -0.2) is 14.1 Å². The molecule has 0 aliphatic carbocycles. The van der Waals surface area contributed by atoms with E-state index in [1.807, 2.05) is 34.6 Å². The molecule has 3 rings (SSSR count). The highest BCUT2D eigenvalue weighted by atomic mass is 32.2. The summed E-state index contributed by atoms with van der Waals surface area (Å²) in [6.45, 7) is 10.2. The summed E-state index contributed by atoms with van der Waals surface area (Å²) >= 11 is 0. The predicted octanol–water partition coefficient (Wildman–Crippen LogP) is 4.78. The van der Waals surface area contributed by atoms with E-state index in [0.29, 0.717) is 29.3 Å². The second-order valence-electron chi connectivity index (χ2n) is 9.38. The molecule has 0 saturated heterocycles. The summed E-state index contributed by atoms with van der Waals surface area (Å²) in [4.78, 5) is 21.6. The van der Waals surface area contributed by atoms with Crippen LogP contribution in [0.1, 0.15) is 56.6 Å². The molecular weight excluding hydrogens is 483 g/mol. The van der Waals surface area contributed by atoms with Gasteiger partial charge >= 0.3 is 0 Å². The molecule has 0 spiro atoms. The molecule has 0 aliphatic heterocycles. The van der Waals surface area contributed by atoms with Gasteiger partial charge in [-0.05, 0) is 48.2 Å². The summed E-state index contributed by atoms with van der Waals surface area (Å²) in [7, 11) is -4.26. The number of pyridine rings is 2. The maximum atomic E-state index is 14.4. The van der Waals surface area contributed by atoms with Crippen molar-refractivity contribution < 1.29 is 22.3 Å². The summed E-state index contributed by atoms with van der Waals surface area (Å²) in [5, 5.41) is -0.368. The Morgan fingerprint density at radius 2 is 1.78 bits per heavy atom. The van der Waals surface area contributed by atoms with Gasteiger partial charge in [0, 0.05) is 17.5 Å². The molecule has 1 atom stereocenters. The van der Waals surface area contributed by atoms with Gasteiger partial charge in [-0.2, -0.15) is 8.42 Å². The Bertz CT molecular complexity index is 1360. The Labute approximate surface area is 211 Å². The van der Waals surface area contributed by atoms with Crippen LogP contribution in [0.3, 0.4) is 0 Å². The molecule has 0 radical (unpaired) electrons. The summed E-state index contributed by atoms with van der Waals surface area (Å²) in [6.07, 6.45) is 0. The van der Waals surface area contributed by atoms with Crippen LogP contribution >= 0.6 is 0 Å². The standard InChI is InChI=1S/C26H31FN4O4S/c1-15(2)14-35-20-12-18(11-19(27)13-20)22-10-9-21(25(29-22)17(5)16(3)4)26(32)31-36(33,34)24-8-6-7-23(28)30-24/h6-13,15-17H,14H2,1-5H3,(H2,28,30)(H,31,32). The Balaban J connectivity index is 2.01. The first-order valence-corrected chi connectivity index (χ1v) is 13.1. The molecule has 1 amide bonds. The summed E-state index contributed by atoms with van der Waals surface area (Å²) in [5.74, 6) is -0.785. The molecule has 36 heavy (non-hydrogen) atoms. The number of nitrogens with one attached hydrogen (secondary N) is 1. The zero-order chi connectivity index (χ0) is 26.6. The van der Waals surface area contributed by atoms with Crippen molar-refractivity contribution in [1.82, 2.24) is 14.7 Å². The lowest BCUT2D eigenvalue weighted by atomic mass is 9.90. The third-order valence-corrected chi connectivity index (χ3v) is 6.83. The number of carbonyl (C=O) groups excluding carboxylic acids is 1. The van der Waals surface area contributed by atoms with E-state index in [1.165, 1.54) is 36.4 Å². The second kappa shape index (κ2) is 11.0. The van der Waals surface area contributed by atoms with Gasteiger partial charge in [-0.1, -0.05) is 40.7 Å². The highest BCUT2D eigenvalue weighted by Crippen LogP contribution is 2.30. The van der Waals surface area contributed by atoms with Crippen LogP contribution in [0.4, 0.5) is 10.2 Å². The third kappa shape index (κ3) is 6.57. The van der Waals surface area contributed by atoms with Gasteiger partial charge in [-0.15, -0.1) is 0 Å². The van der Waals surface area contributed by atoms with E-state index in [-0.39, 0.29) is 34.2 Å². The van der Waals surface area contributed by atoms with Crippen LogP contribution in [-0.2, 0) is 10.0 Å². The molecule has 3 aromatic rings. The first kappa shape index (κ1) is 27.1. The van der Waals surface area contributed by atoms with Gasteiger partial charge in [-0.3, -0.25) is 9.78 Å². The zero-order valence-corrected chi connectivity index (χ0v) is 21.8. The van der Waals surface area contributed by atoms with Crippen molar-refractivity contribution in [2.24, 2.45) is 11.8 Å².